The molecule has 2 rings (SSSR count). The van der Waals surface area contributed by atoms with Gasteiger partial charge in [0.05, 0.1) is 18.8 Å². The molecule has 3 heteroatoms. The summed E-state index contributed by atoms with van der Waals surface area (Å²) in [5, 5.41) is 3.51. The first kappa shape index (κ1) is 11.4. The minimum Gasteiger partial charge on any atom is -0.376 e. The summed E-state index contributed by atoms with van der Waals surface area (Å²) in [6.45, 7) is 5.93. The van der Waals surface area contributed by atoms with Crippen LogP contribution in [0.25, 0.3) is 0 Å². The lowest BCUT2D eigenvalue weighted by atomic mass is 10.0. The second-order valence-corrected chi connectivity index (χ2v) is 4.84. The second kappa shape index (κ2) is 5.28. The molecule has 1 aliphatic carbocycles. The summed E-state index contributed by atoms with van der Waals surface area (Å²) >= 11 is 0. The molecule has 0 amide bonds. The minimum atomic E-state index is 0.129. The van der Waals surface area contributed by atoms with Crippen molar-refractivity contribution in [2.24, 2.45) is 0 Å². The Labute approximate surface area is 92.5 Å². The van der Waals surface area contributed by atoms with E-state index < -0.39 is 0 Å². The highest BCUT2D eigenvalue weighted by molar-refractivity contribution is 4.90. The van der Waals surface area contributed by atoms with Crippen LogP contribution in [-0.4, -0.2) is 38.0 Å². The van der Waals surface area contributed by atoms with E-state index >= 15 is 0 Å². The molecular formula is C12H23NO2. The highest BCUT2D eigenvalue weighted by Crippen LogP contribution is 2.34. The van der Waals surface area contributed by atoms with Gasteiger partial charge in [-0.1, -0.05) is 19.8 Å². The zero-order valence-corrected chi connectivity index (χ0v) is 9.76. The molecule has 0 aromatic heterocycles. The van der Waals surface area contributed by atoms with E-state index in [1.807, 2.05) is 0 Å². The maximum atomic E-state index is 6.19. The van der Waals surface area contributed by atoms with Gasteiger partial charge in [-0.3, -0.25) is 0 Å². The third-order valence-corrected chi connectivity index (χ3v) is 3.41. The van der Waals surface area contributed by atoms with Gasteiger partial charge in [0.15, 0.2) is 0 Å². The molecule has 2 fully saturated rings. The van der Waals surface area contributed by atoms with Crippen LogP contribution in [-0.2, 0) is 9.47 Å². The van der Waals surface area contributed by atoms with Gasteiger partial charge in [-0.15, -0.1) is 0 Å². The van der Waals surface area contributed by atoms with E-state index in [-0.39, 0.29) is 5.60 Å². The summed E-state index contributed by atoms with van der Waals surface area (Å²) in [4.78, 5) is 0. The Morgan fingerprint density at radius 1 is 1.33 bits per heavy atom. The fraction of sp³-hybridized carbons (Fsp3) is 1.00. The summed E-state index contributed by atoms with van der Waals surface area (Å²) in [5.74, 6) is 0. The summed E-state index contributed by atoms with van der Waals surface area (Å²) in [7, 11) is 0. The fourth-order valence-corrected chi connectivity index (χ4v) is 2.48. The fourth-order valence-electron chi connectivity index (χ4n) is 2.48. The van der Waals surface area contributed by atoms with E-state index in [2.05, 4.69) is 12.2 Å². The van der Waals surface area contributed by atoms with Crippen molar-refractivity contribution in [3.05, 3.63) is 0 Å². The predicted octanol–water partition coefficient (Wildman–Crippen LogP) is 1.71. The van der Waals surface area contributed by atoms with Gasteiger partial charge in [0.2, 0.25) is 0 Å². The maximum Gasteiger partial charge on any atom is 0.105 e. The number of rotatable bonds is 6. The van der Waals surface area contributed by atoms with E-state index in [9.17, 15) is 0 Å². The third kappa shape index (κ3) is 2.92. The van der Waals surface area contributed by atoms with Crippen LogP contribution in [0.3, 0.4) is 0 Å². The summed E-state index contributed by atoms with van der Waals surface area (Å²) in [6, 6.07) is 0. The zero-order valence-electron chi connectivity index (χ0n) is 9.76. The van der Waals surface area contributed by atoms with Crippen molar-refractivity contribution in [1.29, 1.82) is 0 Å². The van der Waals surface area contributed by atoms with Gasteiger partial charge in [0.25, 0.3) is 0 Å². The van der Waals surface area contributed by atoms with Crippen molar-refractivity contribution in [2.45, 2.75) is 50.7 Å². The molecule has 1 saturated heterocycles. The topological polar surface area (TPSA) is 30.5 Å². The van der Waals surface area contributed by atoms with Crippen LogP contribution in [0.5, 0.6) is 0 Å². The third-order valence-electron chi connectivity index (χ3n) is 3.41. The average Bonchev–Trinajstić information content (AvgIpc) is 2.62. The first-order valence-electron chi connectivity index (χ1n) is 6.31. The highest BCUT2D eigenvalue weighted by atomic mass is 16.6. The van der Waals surface area contributed by atoms with Crippen LogP contribution < -0.4 is 5.32 Å². The van der Waals surface area contributed by atoms with Gasteiger partial charge in [-0.25, -0.2) is 0 Å². The lowest BCUT2D eigenvalue weighted by Gasteiger charge is -2.37. The summed E-state index contributed by atoms with van der Waals surface area (Å²) in [5.41, 5.74) is 0.129. The monoisotopic (exact) mass is 213 g/mol. The molecule has 1 N–H and O–H groups in total. The van der Waals surface area contributed by atoms with E-state index in [0.717, 1.165) is 26.3 Å². The van der Waals surface area contributed by atoms with Gasteiger partial charge in [-0.05, 0) is 25.8 Å². The molecule has 0 aromatic carbocycles. The molecule has 2 aliphatic rings. The number of hydrogen-bond donors (Lipinski definition) is 1. The van der Waals surface area contributed by atoms with Crippen LogP contribution >= 0.6 is 0 Å². The summed E-state index contributed by atoms with van der Waals surface area (Å²) in [6.07, 6.45) is 6.65. The van der Waals surface area contributed by atoms with Crippen molar-refractivity contribution in [2.75, 3.05) is 26.3 Å². The number of hydrogen-bond acceptors (Lipinski definition) is 3. The van der Waals surface area contributed by atoms with Crippen LogP contribution in [0.15, 0.2) is 0 Å². The molecule has 0 atom stereocenters. The van der Waals surface area contributed by atoms with Crippen LogP contribution in [0.1, 0.15) is 39.0 Å². The average molecular weight is 213 g/mol. The molecule has 1 saturated carbocycles. The molecular weight excluding hydrogens is 190 g/mol. The Morgan fingerprint density at radius 2 is 2.07 bits per heavy atom. The SMILES string of the molecule is CCCNCC1(OC2COC2)CCCC1. The quantitative estimate of drug-likeness (QED) is 0.681. The van der Waals surface area contributed by atoms with Gasteiger partial charge in [0, 0.05) is 6.54 Å². The standard InChI is InChI=1S/C12H23NO2/c1-2-7-13-10-12(5-3-4-6-12)15-11-8-14-9-11/h11,13H,2-10H2,1H3. The van der Waals surface area contributed by atoms with Crippen molar-refractivity contribution >= 4 is 0 Å². The molecule has 0 bridgehead atoms. The molecule has 88 valence electrons. The number of ether oxygens (including phenoxy) is 2. The molecule has 0 unspecified atom stereocenters. The van der Waals surface area contributed by atoms with Gasteiger partial charge < -0.3 is 14.8 Å². The Bertz CT molecular complexity index is 186. The number of nitrogens with one attached hydrogen (secondary N) is 1. The Balaban J connectivity index is 1.79. The molecule has 3 nitrogen and oxygen atoms in total. The van der Waals surface area contributed by atoms with E-state index in [4.69, 9.17) is 9.47 Å². The highest BCUT2D eigenvalue weighted by Gasteiger charge is 2.38. The first-order chi connectivity index (χ1) is 7.35. The first-order valence-corrected chi connectivity index (χ1v) is 6.31. The van der Waals surface area contributed by atoms with Crippen molar-refractivity contribution in [1.82, 2.24) is 5.32 Å². The van der Waals surface area contributed by atoms with E-state index in [1.54, 1.807) is 0 Å². The van der Waals surface area contributed by atoms with Gasteiger partial charge >= 0.3 is 0 Å². The Kier molecular flexibility index (Phi) is 4.00. The Morgan fingerprint density at radius 3 is 2.60 bits per heavy atom. The predicted molar refractivity (Wildman–Crippen MR) is 60.1 cm³/mol. The molecule has 0 spiro atoms. The van der Waals surface area contributed by atoms with Gasteiger partial charge in [-0.2, -0.15) is 0 Å². The summed E-state index contributed by atoms with van der Waals surface area (Å²) < 4.78 is 11.4. The molecule has 1 heterocycles. The second-order valence-electron chi connectivity index (χ2n) is 4.84. The largest absolute Gasteiger partial charge is 0.376 e. The normalized spacial score (nSPS) is 25.4. The molecule has 1 aliphatic heterocycles. The van der Waals surface area contributed by atoms with Crippen molar-refractivity contribution < 1.29 is 9.47 Å². The smallest absolute Gasteiger partial charge is 0.105 e. The lowest BCUT2D eigenvalue weighted by Crippen LogP contribution is -2.49. The maximum absolute atomic E-state index is 6.19. The molecule has 0 aromatic rings. The van der Waals surface area contributed by atoms with Crippen LogP contribution in [0.2, 0.25) is 0 Å². The molecule has 15 heavy (non-hydrogen) atoms. The van der Waals surface area contributed by atoms with Crippen LogP contribution in [0, 0.1) is 0 Å². The molecule has 0 radical (unpaired) electrons. The van der Waals surface area contributed by atoms with Crippen molar-refractivity contribution in [3.8, 4) is 0 Å². The van der Waals surface area contributed by atoms with E-state index in [1.165, 1.54) is 32.1 Å². The minimum absolute atomic E-state index is 0.129. The lowest BCUT2D eigenvalue weighted by molar-refractivity contribution is -0.189. The van der Waals surface area contributed by atoms with Crippen LogP contribution in [0.4, 0.5) is 0 Å². The van der Waals surface area contributed by atoms with Crippen molar-refractivity contribution in [3.63, 3.8) is 0 Å². The van der Waals surface area contributed by atoms with Gasteiger partial charge in [0.1, 0.15) is 6.10 Å². The zero-order chi connectivity index (χ0) is 10.6. The Hall–Kier alpha value is -0.120. The van der Waals surface area contributed by atoms with E-state index in [0.29, 0.717) is 6.10 Å².